The van der Waals surface area contributed by atoms with E-state index >= 15 is 0 Å². The highest BCUT2D eigenvalue weighted by Gasteiger charge is 2.23. The minimum atomic E-state index is -0.304. The number of rotatable bonds is 1. The Morgan fingerprint density at radius 2 is 2.45 bits per heavy atom. The first-order valence-electron chi connectivity index (χ1n) is 3.75. The third-order valence-electron chi connectivity index (χ3n) is 1.79. The fourth-order valence-electron chi connectivity index (χ4n) is 1.18. The number of carbonyl (C=O) groups is 2. The highest BCUT2D eigenvalue weighted by Crippen LogP contribution is 2.07. The predicted molar refractivity (Wildman–Crippen MR) is 39.8 cm³/mol. The molecule has 0 aliphatic carbocycles. The first kappa shape index (κ1) is 8.04. The molecule has 1 saturated heterocycles. The van der Waals surface area contributed by atoms with Crippen molar-refractivity contribution in [1.29, 1.82) is 0 Å². The summed E-state index contributed by atoms with van der Waals surface area (Å²) in [5, 5.41) is 5.12. The smallest absolute Gasteiger partial charge is 0.242 e. The molecule has 0 saturated carbocycles. The monoisotopic (exact) mass is 156 g/mol. The Labute approximate surface area is 65.3 Å². The van der Waals surface area contributed by atoms with E-state index < -0.39 is 0 Å². The van der Waals surface area contributed by atoms with Crippen molar-refractivity contribution >= 4 is 11.8 Å². The Morgan fingerprint density at radius 3 is 3.00 bits per heavy atom. The number of piperidine rings is 1. The van der Waals surface area contributed by atoms with Crippen molar-refractivity contribution in [3.05, 3.63) is 0 Å². The van der Waals surface area contributed by atoms with Crippen LogP contribution in [0.2, 0.25) is 0 Å². The molecule has 1 heterocycles. The molecule has 1 atom stereocenters. The van der Waals surface area contributed by atoms with Crippen LogP contribution in [0, 0.1) is 0 Å². The lowest BCUT2D eigenvalue weighted by atomic mass is 10.0. The Morgan fingerprint density at radius 1 is 1.73 bits per heavy atom. The maximum atomic E-state index is 11.0. The number of likely N-dealkylation sites (N-methyl/N-ethyl adjacent to an activating group) is 1. The largest absolute Gasteiger partial charge is 0.357 e. The SMILES string of the molecule is CNC(=O)[C@H]1CCCC(=O)N1. The summed E-state index contributed by atoms with van der Waals surface area (Å²) >= 11 is 0. The van der Waals surface area contributed by atoms with E-state index in [4.69, 9.17) is 0 Å². The standard InChI is InChI=1S/C7H12N2O2/c1-8-7(11)5-3-2-4-6(10)9-5/h5H,2-4H2,1H3,(H,8,11)(H,9,10)/t5-/m1/s1. The molecule has 0 aromatic rings. The minimum Gasteiger partial charge on any atom is -0.357 e. The van der Waals surface area contributed by atoms with Gasteiger partial charge in [-0.3, -0.25) is 9.59 Å². The van der Waals surface area contributed by atoms with Crippen molar-refractivity contribution in [2.45, 2.75) is 25.3 Å². The van der Waals surface area contributed by atoms with Crippen molar-refractivity contribution in [3.63, 3.8) is 0 Å². The summed E-state index contributed by atoms with van der Waals surface area (Å²) in [5.41, 5.74) is 0. The molecule has 0 spiro atoms. The van der Waals surface area contributed by atoms with Gasteiger partial charge in [-0.25, -0.2) is 0 Å². The van der Waals surface area contributed by atoms with Gasteiger partial charge < -0.3 is 10.6 Å². The Balaban J connectivity index is 2.45. The molecule has 4 nitrogen and oxygen atoms in total. The molecule has 0 unspecified atom stereocenters. The van der Waals surface area contributed by atoms with Gasteiger partial charge >= 0.3 is 0 Å². The van der Waals surface area contributed by atoms with E-state index in [0.29, 0.717) is 6.42 Å². The Kier molecular flexibility index (Phi) is 2.46. The zero-order valence-electron chi connectivity index (χ0n) is 6.52. The molecular formula is C7H12N2O2. The van der Waals surface area contributed by atoms with Crippen molar-refractivity contribution in [1.82, 2.24) is 10.6 Å². The molecule has 2 amide bonds. The summed E-state index contributed by atoms with van der Waals surface area (Å²) in [4.78, 5) is 21.8. The second kappa shape index (κ2) is 3.37. The van der Waals surface area contributed by atoms with Crippen LogP contribution in [-0.2, 0) is 9.59 Å². The van der Waals surface area contributed by atoms with Gasteiger partial charge in [0.1, 0.15) is 6.04 Å². The summed E-state index contributed by atoms with van der Waals surface area (Å²) in [7, 11) is 1.57. The number of hydrogen-bond acceptors (Lipinski definition) is 2. The lowest BCUT2D eigenvalue weighted by molar-refractivity contribution is -0.130. The van der Waals surface area contributed by atoms with Gasteiger partial charge in [0.05, 0.1) is 0 Å². The first-order valence-corrected chi connectivity index (χ1v) is 3.75. The second-order valence-corrected chi connectivity index (χ2v) is 2.63. The van der Waals surface area contributed by atoms with Crippen molar-refractivity contribution < 1.29 is 9.59 Å². The molecule has 1 aliphatic heterocycles. The van der Waals surface area contributed by atoms with Crippen LogP contribution in [0.25, 0.3) is 0 Å². The molecule has 1 aliphatic rings. The third-order valence-corrected chi connectivity index (χ3v) is 1.79. The molecule has 1 rings (SSSR count). The predicted octanol–water partition coefficient (Wildman–Crippen LogP) is -0.599. The molecule has 62 valence electrons. The maximum Gasteiger partial charge on any atom is 0.242 e. The molecule has 0 aromatic carbocycles. The van der Waals surface area contributed by atoms with E-state index in [1.54, 1.807) is 7.05 Å². The molecule has 2 N–H and O–H groups in total. The van der Waals surface area contributed by atoms with Gasteiger partial charge in [0.15, 0.2) is 0 Å². The van der Waals surface area contributed by atoms with Crippen LogP contribution in [-0.4, -0.2) is 24.9 Å². The van der Waals surface area contributed by atoms with Gasteiger partial charge in [-0.1, -0.05) is 0 Å². The summed E-state index contributed by atoms with van der Waals surface area (Å²) in [5.74, 6) is -0.122. The lowest BCUT2D eigenvalue weighted by Gasteiger charge is -2.21. The van der Waals surface area contributed by atoms with E-state index in [-0.39, 0.29) is 17.9 Å². The van der Waals surface area contributed by atoms with Gasteiger partial charge in [-0.2, -0.15) is 0 Å². The minimum absolute atomic E-state index is 0.0233. The first-order chi connectivity index (χ1) is 5.24. The average molecular weight is 156 g/mol. The van der Waals surface area contributed by atoms with Crippen LogP contribution in [0.3, 0.4) is 0 Å². The van der Waals surface area contributed by atoms with Crippen LogP contribution in [0.15, 0.2) is 0 Å². The van der Waals surface area contributed by atoms with Crippen molar-refractivity contribution in [3.8, 4) is 0 Å². The maximum absolute atomic E-state index is 11.0. The quantitative estimate of drug-likeness (QED) is 0.532. The van der Waals surface area contributed by atoms with Crippen LogP contribution in [0.4, 0.5) is 0 Å². The summed E-state index contributed by atoms with van der Waals surface area (Å²) in [6.45, 7) is 0. The Hall–Kier alpha value is -1.06. The molecule has 0 aromatic heterocycles. The van der Waals surface area contributed by atoms with Crippen LogP contribution >= 0.6 is 0 Å². The number of carbonyl (C=O) groups excluding carboxylic acids is 2. The normalized spacial score (nSPS) is 24.1. The van der Waals surface area contributed by atoms with Crippen LogP contribution in [0.5, 0.6) is 0 Å². The summed E-state index contributed by atoms with van der Waals surface area (Å²) in [6.07, 6.45) is 2.11. The molecular weight excluding hydrogens is 144 g/mol. The lowest BCUT2D eigenvalue weighted by Crippen LogP contribution is -2.48. The molecule has 0 radical (unpaired) electrons. The zero-order chi connectivity index (χ0) is 8.27. The van der Waals surface area contributed by atoms with Crippen LogP contribution in [0.1, 0.15) is 19.3 Å². The zero-order valence-corrected chi connectivity index (χ0v) is 6.52. The number of amides is 2. The molecule has 4 heteroatoms. The second-order valence-electron chi connectivity index (χ2n) is 2.63. The van der Waals surface area contributed by atoms with Gasteiger partial charge in [-0.05, 0) is 12.8 Å². The fourth-order valence-corrected chi connectivity index (χ4v) is 1.18. The van der Waals surface area contributed by atoms with Crippen molar-refractivity contribution in [2.24, 2.45) is 0 Å². The molecule has 1 fully saturated rings. The van der Waals surface area contributed by atoms with Crippen LogP contribution < -0.4 is 10.6 Å². The summed E-state index contributed by atoms with van der Waals surface area (Å²) < 4.78 is 0. The van der Waals surface area contributed by atoms with Gasteiger partial charge in [0, 0.05) is 13.5 Å². The van der Waals surface area contributed by atoms with Gasteiger partial charge in [0.25, 0.3) is 0 Å². The Bertz CT molecular complexity index is 179. The summed E-state index contributed by atoms with van der Waals surface area (Å²) in [6, 6.07) is -0.304. The van der Waals surface area contributed by atoms with E-state index in [2.05, 4.69) is 10.6 Å². The third kappa shape index (κ3) is 1.93. The molecule has 11 heavy (non-hydrogen) atoms. The highest BCUT2D eigenvalue weighted by atomic mass is 16.2. The van der Waals surface area contributed by atoms with E-state index in [0.717, 1.165) is 12.8 Å². The average Bonchev–Trinajstić information content (AvgIpc) is 2.03. The van der Waals surface area contributed by atoms with Crippen molar-refractivity contribution in [2.75, 3.05) is 7.05 Å². The molecule has 0 bridgehead atoms. The fraction of sp³-hybridized carbons (Fsp3) is 0.714. The van der Waals surface area contributed by atoms with Gasteiger partial charge in [0.2, 0.25) is 11.8 Å². The number of nitrogens with one attached hydrogen (secondary N) is 2. The van der Waals surface area contributed by atoms with E-state index in [9.17, 15) is 9.59 Å². The van der Waals surface area contributed by atoms with Gasteiger partial charge in [-0.15, -0.1) is 0 Å². The number of hydrogen-bond donors (Lipinski definition) is 2. The topological polar surface area (TPSA) is 58.2 Å². The highest BCUT2D eigenvalue weighted by molar-refractivity contribution is 5.88. The van der Waals surface area contributed by atoms with E-state index in [1.807, 2.05) is 0 Å². The van der Waals surface area contributed by atoms with E-state index in [1.165, 1.54) is 0 Å².